The van der Waals surface area contributed by atoms with Crippen molar-refractivity contribution in [3.05, 3.63) is 0 Å². The van der Waals surface area contributed by atoms with Gasteiger partial charge in [-0.1, -0.05) is 6.92 Å². The first kappa shape index (κ1) is 24.3. The Bertz CT molecular complexity index is 382. The molecule has 154 valence electrons. The molecule has 2 unspecified atom stereocenters. The van der Waals surface area contributed by atoms with Crippen molar-refractivity contribution >= 4 is 41.7 Å². The van der Waals surface area contributed by atoms with E-state index in [2.05, 4.69) is 36.2 Å². The van der Waals surface area contributed by atoms with E-state index in [4.69, 9.17) is 14.5 Å². The Balaban J connectivity index is 0.00000338. The molecule has 0 aromatic carbocycles. The van der Waals surface area contributed by atoms with E-state index in [1.807, 2.05) is 0 Å². The van der Waals surface area contributed by atoms with Crippen LogP contribution < -0.4 is 10.6 Å². The van der Waals surface area contributed by atoms with Gasteiger partial charge in [-0.15, -0.1) is 24.0 Å². The summed E-state index contributed by atoms with van der Waals surface area (Å²) < 4.78 is 11.2. The lowest BCUT2D eigenvalue weighted by molar-refractivity contribution is 0.0205. The fourth-order valence-electron chi connectivity index (χ4n) is 3.49. The minimum absolute atomic E-state index is 0. The van der Waals surface area contributed by atoms with Crippen molar-refractivity contribution in [1.82, 2.24) is 10.6 Å². The topological polar surface area (TPSA) is 54.9 Å². The van der Waals surface area contributed by atoms with Crippen LogP contribution in [0.2, 0.25) is 0 Å². The molecular weight excluding hydrogens is 461 g/mol. The normalized spacial score (nSPS) is 24.3. The summed E-state index contributed by atoms with van der Waals surface area (Å²) in [7, 11) is 0. The van der Waals surface area contributed by atoms with Gasteiger partial charge in [0.25, 0.3) is 0 Å². The van der Waals surface area contributed by atoms with Gasteiger partial charge in [0.2, 0.25) is 0 Å². The molecule has 1 heterocycles. The molecule has 2 atom stereocenters. The molecule has 0 spiro atoms. The zero-order valence-corrected chi connectivity index (χ0v) is 19.7. The molecule has 2 aliphatic rings. The van der Waals surface area contributed by atoms with Crippen LogP contribution in [-0.2, 0) is 9.47 Å². The molecule has 0 bridgehead atoms. The van der Waals surface area contributed by atoms with Crippen molar-refractivity contribution in [3.63, 3.8) is 0 Å². The Morgan fingerprint density at radius 3 is 2.73 bits per heavy atom. The van der Waals surface area contributed by atoms with E-state index in [0.717, 1.165) is 70.0 Å². The Morgan fingerprint density at radius 1 is 1.19 bits per heavy atom. The minimum atomic E-state index is 0. The summed E-state index contributed by atoms with van der Waals surface area (Å²) in [6.45, 7) is 9.58. The van der Waals surface area contributed by atoms with Crippen molar-refractivity contribution in [3.8, 4) is 0 Å². The minimum Gasteiger partial charge on any atom is -0.381 e. The first-order valence-electron chi connectivity index (χ1n) is 10.1. The molecule has 7 heteroatoms. The molecule has 2 N–H and O–H groups in total. The van der Waals surface area contributed by atoms with Gasteiger partial charge in [-0.25, -0.2) is 0 Å². The lowest BCUT2D eigenvalue weighted by atomic mass is 10.0. The summed E-state index contributed by atoms with van der Waals surface area (Å²) >= 11 is 2.10. The third-order valence-corrected chi connectivity index (χ3v) is 6.12. The number of hydrogen-bond acceptors (Lipinski definition) is 4. The van der Waals surface area contributed by atoms with E-state index in [1.54, 1.807) is 0 Å². The second kappa shape index (κ2) is 15.2. The van der Waals surface area contributed by atoms with Gasteiger partial charge in [0.15, 0.2) is 5.96 Å². The summed E-state index contributed by atoms with van der Waals surface area (Å²) in [6.07, 6.45) is 7.12. The van der Waals surface area contributed by atoms with E-state index in [-0.39, 0.29) is 24.0 Å². The van der Waals surface area contributed by atoms with E-state index in [0.29, 0.717) is 12.0 Å². The molecular formula is C19H38IN3O2S. The van der Waals surface area contributed by atoms with Gasteiger partial charge >= 0.3 is 0 Å². The summed E-state index contributed by atoms with van der Waals surface area (Å²) in [5, 5.41) is 7.82. The molecule has 1 saturated heterocycles. The highest BCUT2D eigenvalue weighted by molar-refractivity contribution is 14.0. The van der Waals surface area contributed by atoms with Crippen LogP contribution in [0.25, 0.3) is 0 Å². The lowest BCUT2D eigenvalue weighted by Gasteiger charge is -2.21. The summed E-state index contributed by atoms with van der Waals surface area (Å²) in [5.41, 5.74) is 0. The molecule has 5 nitrogen and oxygen atoms in total. The number of nitrogens with zero attached hydrogens (tertiary/aromatic N) is 1. The lowest BCUT2D eigenvalue weighted by Crippen LogP contribution is -2.42. The Hall–Kier alpha value is 0.270. The fraction of sp³-hybridized carbons (Fsp3) is 0.947. The van der Waals surface area contributed by atoms with Gasteiger partial charge in [0.1, 0.15) is 0 Å². The van der Waals surface area contributed by atoms with Crippen LogP contribution >= 0.6 is 35.7 Å². The molecule has 1 aliphatic heterocycles. The van der Waals surface area contributed by atoms with Crippen LogP contribution in [0.3, 0.4) is 0 Å². The average molecular weight is 500 g/mol. The molecule has 0 aromatic heterocycles. The molecule has 26 heavy (non-hydrogen) atoms. The van der Waals surface area contributed by atoms with Gasteiger partial charge in [-0.05, 0) is 57.1 Å². The van der Waals surface area contributed by atoms with Crippen LogP contribution in [0.5, 0.6) is 0 Å². The first-order valence-corrected chi connectivity index (χ1v) is 11.2. The SMILES string of the molecule is CCNC(=NCCCOCC1CCOCC1)NC1CCC(SCC)C1.I. The molecule has 0 aromatic rings. The third-order valence-electron chi connectivity index (χ3n) is 4.88. The summed E-state index contributed by atoms with van der Waals surface area (Å²) in [4.78, 5) is 4.72. The second-order valence-electron chi connectivity index (χ2n) is 6.98. The Morgan fingerprint density at radius 2 is 2.00 bits per heavy atom. The molecule has 2 rings (SSSR count). The van der Waals surface area contributed by atoms with E-state index < -0.39 is 0 Å². The monoisotopic (exact) mass is 499 g/mol. The smallest absolute Gasteiger partial charge is 0.191 e. The predicted molar refractivity (Wildman–Crippen MR) is 123 cm³/mol. The van der Waals surface area contributed by atoms with Crippen LogP contribution in [0.4, 0.5) is 0 Å². The van der Waals surface area contributed by atoms with E-state index in [1.165, 1.54) is 25.0 Å². The zero-order valence-electron chi connectivity index (χ0n) is 16.5. The number of halogens is 1. The maximum atomic E-state index is 5.82. The highest BCUT2D eigenvalue weighted by Crippen LogP contribution is 2.29. The fourth-order valence-corrected chi connectivity index (χ4v) is 4.63. The van der Waals surface area contributed by atoms with Gasteiger partial charge < -0.3 is 20.1 Å². The number of nitrogens with one attached hydrogen (secondary N) is 2. The van der Waals surface area contributed by atoms with E-state index in [9.17, 15) is 0 Å². The predicted octanol–water partition coefficient (Wildman–Crippen LogP) is 3.67. The standard InChI is InChI=1S/C19H37N3O2S.HI/c1-3-20-19(22-17-6-7-18(14-17)25-4-2)21-10-5-11-24-15-16-8-12-23-13-9-16;/h16-18H,3-15H2,1-2H3,(H2,20,21,22);1H. The van der Waals surface area contributed by atoms with Crippen LogP contribution in [0, 0.1) is 5.92 Å². The number of rotatable bonds is 10. The van der Waals surface area contributed by atoms with E-state index >= 15 is 0 Å². The number of guanidine groups is 1. The van der Waals surface area contributed by atoms with Crippen molar-refractivity contribution in [2.45, 2.75) is 63.7 Å². The highest BCUT2D eigenvalue weighted by atomic mass is 127. The molecule has 1 aliphatic carbocycles. The van der Waals surface area contributed by atoms with Crippen molar-refractivity contribution in [2.75, 3.05) is 45.3 Å². The van der Waals surface area contributed by atoms with Gasteiger partial charge in [0.05, 0.1) is 0 Å². The van der Waals surface area contributed by atoms with Gasteiger partial charge in [-0.3, -0.25) is 4.99 Å². The van der Waals surface area contributed by atoms with Crippen molar-refractivity contribution < 1.29 is 9.47 Å². The largest absolute Gasteiger partial charge is 0.381 e. The third kappa shape index (κ3) is 9.99. The zero-order chi connectivity index (χ0) is 17.7. The number of aliphatic imine (C=N–C) groups is 1. The highest BCUT2D eigenvalue weighted by Gasteiger charge is 2.25. The maximum Gasteiger partial charge on any atom is 0.191 e. The summed E-state index contributed by atoms with van der Waals surface area (Å²) in [5.74, 6) is 2.88. The average Bonchev–Trinajstić information content (AvgIpc) is 3.06. The van der Waals surface area contributed by atoms with Crippen molar-refractivity contribution in [1.29, 1.82) is 0 Å². The number of thioether (sulfide) groups is 1. The van der Waals surface area contributed by atoms with Crippen LogP contribution in [0.15, 0.2) is 4.99 Å². The second-order valence-corrected chi connectivity index (χ2v) is 8.55. The van der Waals surface area contributed by atoms with Crippen molar-refractivity contribution in [2.24, 2.45) is 10.9 Å². The molecule has 0 amide bonds. The van der Waals surface area contributed by atoms with Gasteiger partial charge in [0, 0.05) is 50.8 Å². The maximum absolute atomic E-state index is 5.82. The Labute approximate surface area is 181 Å². The quantitative estimate of drug-likeness (QED) is 0.208. The molecule has 0 radical (unpaired) electrons. The molecule has 2 fully saturated rings. The Kier molecular flexibility index (Phi) is 14.2. The first-order chi connectivity index (χ1) is 12.3. The molecule has 1 saturated carbocycles. The number of ether oxygens (including phenoxy) is 2. The van der Waals surface area contributed by atoms with Gasteiger partial charge in [-0.2, -0.15) is 11.8 Å². The van der Waals surface area contributed by atoms with Crippen LogP contribution in [0.1, 0.15) is 52.4 Å². The summed E-state index contributed by atoms with van der Waals surface area (Å²) in [6, 6.07) is 0.576. The van der Waals surface area contributed by atoms with Crippen LogP contribution in [-0.4, -0.2) is 62.5 Å². The number of hydrogen-bond donors (Lipinski definition) is 2.